The lowest BCUT2D eigenvalue weighted by Crippen LogP contribution is -2.43. The Hall–Kier alpha value is -1.69. The van der Waals surface area contributed by atoms with Crippen molar-refractivity contribution in [2.24, 2.45) is 0 Å². The van der Waals surface area contributed by atoms with Gasteiger partial charge in [0.15, 0.2) is 0 Å². The van der Waals surface area contributed by atoms with Gasteiger partial charge in [0.05, 0.1) is 17.7 Å². The fourth-order valence-corrected chi connectivity index (χ4v) is 2.15. The van der Waals surface area contributed by atoms with E-state index in [0.29, 0.717) is 13.2 Å². The molecule has 1 atom stereocenters. The van der Waals surface area contributed by atoms with Crippen molar-refractivity contribution in [1.29, 1.82) is 0 Å². The lowest BCUT2D eigenvalue weighted by Gasteiger charge is -2.35. The Morgan fingerprint density at radius 2 is 2.05 bits per heavy atom. The Balaban J connectivity index is 2.27. The highest BCUT2D eigenvalue weighted by molar-refractivity contribution is 5.88. The van der Waals surface area contributed by atoms with E-state index in [0.717, 1.165) is 25.0 Å². The Bertz CT molecular complexity index is 476. The Labute approximate surface area is 109 Å². The van der Waals surface area contributed by atoms with E-state index < -0.39 is 28.7 Å². The first-order chi connectivity index (χ1) is 8.91. The predicted molar refractivity (Wildman–Crippen MR) is 65.4 cm³/mol. The summed E-state index contributed by atoms with van der Waals surface area (Å²) in [7, 11) is 0. The molecular formula is C13H15F2NO3. The first-order valence-corrected chi connectivity index (χ1v) is 5.99. The number of aromatic carboxylic acids is 1. The number of rotatable bonds is 3. The Morgan fingerprint density at radius 1 is 1.42 bits per heavy atom. The molecule has 1 saturated heterocycles. The average Bonchev–Trinajstić information content (AvgIpc) is 2.34. The summed E-state index contributed by atoms with van der Waals surface area (Å²) in [5.74, 6) is -3.19. The average molecular weight is 271 g/mol. The molecule has 1 unspecified atom stereocenters. The van der Waals surface area contributed by atoms with Crippen LogP contribution in [-0.2, 0) is 4.74 Å². The summed E-state index contributed by atoms with van der Waals surface area (Å²) in [5.41, 5.74) is -1.27. The van der Waals surface area contributed by atoms with E-state index in [9.17, 15) is 13.6 Å². The monoisotopic (exact) mass is 271 g/mol. The maximum absolute atomic E-state index is 13.8. The summed E-state index contributed by atoms with van der Waals surface area (Å²) in [6.45, 7) is 2.81. The molecule has 6 heteroatoms. The zero-order valence-corrected chi connectivity index (χ0v) is 10.5. The number of benzene rings is 1. The molecule has 1 aliphatic heterocycles. The minimum Gasteiger partial charge on any atom is -0.478 e. The van der Waals surface area contributed by atoms with Crippen molar-refractivity contribution in [1.82, 2.24) is 0 Å². The van der Waals surface area contributed by atoms with E-state index in [1.165, 1.54) is 0 Å². The zero-order valence-electron chi connectivity index (χ0n) is 10.5. The zero-order chi connectivity index (χ0) is 14.0. The van der Waals surface area contributed by atoms with Crippen molar-refractivity contribution in [3.63, 3.8) is 0 Å². The number of anilines is 1. The van der Waals surface area contributed by atoms with Crippen LogP contribution in [0.25, 0.3) is 0 Å². The second-order valence-electron chi connectivity index (χ2n) is 4.96. The molecule has 0 radical (unpaired) electrons. The van der Waals surface area contributed by atoms with Crippen LogP contribution in [0.15, 0.2) is 12.1 Å². The van der Waals surface area contributed by atoms with E-state index >= 15 is 0 Å². The number of hydrogen-bond acceptors (Lipinski definition) is 3. The van der Waals surface area contributed by atoms with Crippen molar-refractivity contribution in [2.75, 3.05) is 18.5 Å². The van der Waals surface area contributed by atoms with Crippen LogP contribution in [-0.4, -0.2) is 29.8 Å². The van der Waals surface area contributed by atoms with Crippen molar-refractivity contribution in [3.05, 3.63) is 29.3 Å². The van der Waals surface area contributed by atoms with Gasteiger partial charge in [0.25, 0.3) is 0 Å². The number of carboxylic acid groups (broad SMARTS) is 1. The van der Waals surface area contributed by atoms with Gasteiger partial charge in [-0.05, 0) is 31.9 Å². The summed E-state index contributed by atoms with van der Waals surface area (Å²) < 4.78 is 32.9. The standard InChI is InChI=1S/C13H15F2NO3/c1-13(3-2-4-19-7-13)16-11-9(14)5-8(12(17)18)6-10(11)15/h5-6,16H,2-4,7H2,1H3,(H,17,18). The van der Waals surface area contributed by atoms with Gasteiger partial charge in [-0.2, -0.15) is 0 Å². The van der Waals surface area contributed by atoms with E-state index in [1.807, 2.05) is 6.92 Å². The number of carbonyl (C=O) groups is 1. The molecule has 0 aromatic heterocycles. The predicted octanol–water partition coefficient (Wildman–Crippen LogP) is 2.64. The van der Waals surface area contributed by atoms with Gasteiger partial charge in [0.1, 0.15) is 17.3 Å². The SMILES string of the molecule is CC1(Nc2c(F)cc(C(=O)O)cc2F)CCCOC1. The first kappa shape index (κ1) is 13.7. The van der Waals surface area contributed by atoms with Gasteiger partial charge in [0, 0.05) is 6.61 Å². The van der Waals surface area contributed by atoms with Crippen molar-refractivity contribution < 1.29 is 23.4 Å². The smallest absolute Gasteiger partial charge is 0.335 e. The maximum Gasteiger partial charge on any atom is 0.335 e. The molecule has 1 heterocycles. The van der Waals surface area contributed by atoms with Crippen molar-refractivity contribution >= 4 is 11.7 Å². The minimum absolute atomic E-state index is 0.307. The summed E-state index contributed by atoms with van der Waals surface area (Å²) in [6.07, 6.45) is 1.53. The highest BCUT2D eigenvalue weighted by atomic mass is 19.1. The third-order valence-electron chi connectivity index (χ3n) is 3.15. The largest absolute Gasteiger partial charge is 0.478 e. The molecular weight excluding hydrogens is 256 g/mol. The molecule has 0 bridgehead atoms. The van der Waals surface area contributed by atoms with Gasteiger partial charge in [-0.1, -0.05) is 0 Å². The Kier molecular flexibility index (Phi) is 3.71. The van der Waals surface area contributed by atoms with Crippen LogP contribution in [0, 0.1) is 11.6 Å². The quantitative estimate of drug-likeness (QED) is 0.887. The third-order valence-corrected chi connectivity index (χ3v) is 3.15. The lowest BCUT2D eigenvalue weighted by molar-refractivity contribution is 0.0537. The van der Waals surface area contributed by atoms with E-state index in [1.54, 1.807) is 0 Å². The van der Waals surface area contributed by atoms with Gasteiger partial charge >= 0.3 is 5.97 Å². The minimum atomic E-state index is -1.36. The molecule has 0 saturated carbocycles. The second kappa shape index (κ2) is 5.13. The number of halogens is 2. The molecule has 0 spiro atoms. The number of nitrogens with one attached hydrogen (secondary N) is 1. The first-order valence-electron chi connectivity index (χ1n) is 5.99. The van der Waals surface area contributed by atoms with Gasteiger partial charge in [-0.3, -0.25) is 0 Å². The second-order valence-corrected chi connectivity index (χ2v) is 4.96. The van der Waals surface area contributed by atoms with Crippen molar-refractivity contribution in [3.8, 4) is 0 Å². The fraction of sp³-hybridized carbons (Fsp3) is 0.462. The molecule has 19 heavy (non-hydrogen) atoms. The topological polar surface area (TPSA) is 58.6 Å². The molecule has 1 aromatic carbocycles. The maximum atomic E-state index is 13.8. The summed E-state index contributed by atoms with van der Waals surface area (Å²) in [5, 5.41) is 11.5. The van der Waals surface area contributed by atoms with Crippen LogP contribution in [0.3, 0.4) is 0 Å². The molecule has 4 nitrogen and oxygen atoms in total. The molecule has 1 fully saturated rings. The van der Waals surface area contributed by atoms with Crippen LogP contribution < -0.4 is 5.32 Å². The van der Waals surface area contributed by atoms with E-state index in [2.05, 4.69) is 5.32 Å². The summed E-state index contributed by atoms with van der Waals surface area (Å²) in [4.78, 5) is 10.7. The number of carboxylic acids is 1. The molecule has 0 amide bonds. The molecule has 2 N–H and O–H groups in total. The fourth-order valence-electron chi connectivity index (χ4n) is 2.15. The summed E-state index contributed by atoms with van der Waals surface area (Å²) in [6, 6.07) is 1.61. The van der Waals surface area contributed by atoms with Gasteiger partial charge < -0.3 is 15.2 Å². The third kappa shape index (κ3) is 3.01. The highest BCUT2D eigenvalue weighted by Gasteiger charge is 2.29. The van der Waals surface area contributed by atoms with Crippen LogP contribution in [0.2, 0.25) is 0 Å². The van der Waals surface area contributed by atoms with Gasteiger partial charge in [-0.15, -0.1) is 0 Å². The number of ether oxygens (including phenoxy) is 1. The van der Waals surface area contributed by atoms with Crippen LogP contribution >= 0.6 is 0 Å². The lowest BCUT2D eigenvalue weighted by atomic mass is 9.94. The van der Waals surface area contributed by atoms with Gasteiger partial charge in [0.2, 0.25) is 0 Å². The Morgan fingerprint density at radius 3 is 2.53 bits per heavy atom. The van der Waals surface area contributed by atoms with E-state index in [4.69, 9.17) is 9.84 Å². The molecule has 0 aliphatic carbocycles. The normalized spacial score (nSPS) is 23.1. The van der Waals surface area contributed by atoms with E-state index in [-0.39, 0.29) is 5.69 Å². The molecule has 104 valence electrons. The van der Waals surface area contributed by atoms with Crippen molar-refractivity contribution in [2.45, 2.75) is 25.3 Å². The molecule has 2 rings (SSSR count). The number of hydrogen-bond donors (Lipinski definition) is 2. The van der Waals surface area contributed by atoms with Crippen LogP contribution in [0.1, 0.15) is 30.1 Å². The highest BCUT2D eigenvalue weighted by Crippen LogP contribution is 2.28. The molecule has 1 aliphatic rings. The van der Waals surface area contributed by atoms with Crippen LogP contribution in [0.4, 0.5) is 14.5 Å². The van der Waals surface area contributed by atoms with Crippen LogP contribution in [0.5, 0.6) is 0 Å². The van der Waals surface area contributed by atoms with Gasteiger partial charge in [-0.25, -0.2) is 13.6 Å². The summed E-state index contributed by atoms with van der Waals surface area (Å²) >= 11 is 0. The molecule has 1 aromatic rings.